The van der Waals surface area contributed by atoms with Crippen LogP contribution in [0.15, 0.2) is 29.2 Å². The van der Waals surface area contributed by atoms with Crippen LogP contribution in [-0.2, 0) is 9.84 Å². The molecular formula is C13H20Cl2FNO2S. The predicted octanol–water partition coefficient (Wildman–Crippen LogP) is 2.83. The normalized spacial score (nSPS) is 18.8. The summed E-state index contributed by atoms with van der Waals surface area (Å²) in [5.41, 5.74) is 0. The van der Waals surface area contributed by atoms with Crippen LogP contribution in [0.3, 0.4) is 0 Å². The molecule has 0 amide bonds. The van der Waals surface area contributed by atoms with Gasteiger partial charge in [0.25, 0.3) is 0 Å². The Morgan fingerprint density at radius 3 is 2.40 bits per heavy atom. The quantitative estimate of drug-likeness (QED) is 0.855. The van der Waals surface area contributed by atoms with Gasteiger partial charge < -0.3 is 5.32 Å². The van der Waals surface area contributed by atoms with E-state index in [4.69, 9.17) is 0 Å². The molecule has 1 aromatic rings. The van der Waals surface area contributed by atoms with Crippen LogP contribution in [0.25, 0.3) is 0 Å². The van der Waals surface area contributed by atoms with Gasteiger partial charge in [-0.2, -0.15) is 0 Å². The van der Waals surface area contributed by atoms with Crippen molar-refractivity contribution < 1.29 is 12.8 Å². The van der Waals surface area contributed by atoms with Crippen molar-refractivity contribution >= 4 is 34.7 Å². The Morgan fingerprint density at radius 2 is 1.85 bits per heavy atom. The highest BCUT2D eigenvalue weighted by atomic mass is 35.5. The van der Waals surface area contributed by atoms with Gasteiger partial charge >= 0.3 is 0 Å². The summed E-state index contributed by atoms with van der Waals surface area (Å²) in [4.78, 5) is 0.215. The Labute approximate surface area is 132 Å². The van der Waals surface area contributed by atoms with E-state index in [1.807, 2.05) is 0 Å². The Bertz CT molecular complexity index is 488. The summed E-state index contributed by atoms with van der Waals surface area (Å²) in [6, 6.07) is 5.05. The maximum atomic E-state index is 12.7. The number of benzene rings is 1. The van der Waals surface area contributed by atoms with Crippen molar-refractivity contribution in [3.05, 3.63) is 30.1 Å². The van der Waals surface area contributed by atoms with Crippen LogP contribution in [-0.4, -0.2) is 27.3 Å². The molecule has 0 radical (unpaired) electrons. The van der Waals surface area contributed by atoms with E-state index in [0.29, 0.717) is 12.3 Å². The number of hydrogen-bond acceptors (Lipinski definition) is 3. The van der Waals surface area contributed by atoms with Gasteiger partial charge in [0, 0.05) is 0 Å². The number of sulfone groups is 1. The van der Waals surface area contributed by atoms with Crippen LogP contribution in [0.2, 0.25) is 0 Å². The minimum absolute atomic E-state index is 0. The van der Waals surface area contributed by atoms with Crippen molar-refractivity contribution in [2.45, 2.75) is 24.2 Å². The fourth-order valence-electron chi connectivity index (χ4n) is 2.25. The van der Waals surface area contributed by atoms with Gasteiger partial charge in [-0.1, -0.05) is 0 Å². The first-order valence-electron chi connectivity index (χ1n) is 6.27. The highest BCUT2D eigenvalue weighted by molar-refractivity contribution is 7.91. The second-order valence-electron chi connectivity index (χ2n) is 4.77. The molecule has 1 unspecified atom stereocenters. The summed E-state index contributed by atoms with van der Waals surface area (Å²) >= 11 is 0. The Kier molecular flexibility index (Phi) is 8.66. The van der Waals surface area contributed by atoms with E-state index in [1.54, 1.807) is 0 Å². The van der Waals surface area contributed by atoms with Gasteiger partial charge in [0.1, 0.15) is 5.82 Å². The van der Waals surface area contributed by atoms with Crippen molar-refractivity contribution in [2.75, 3.05) is 18.8 Å². The molecule has 0 aromatic heterocycles. The van der Waals surface area contributed by atoms with Crippen molar-refractivity contribution in [1.29, 1.82) is 0 Å². The molecule has 0 spiro atoms. The molecule has 1 aliphatic heterocycles. The zero-order valence-electron chi connectivity index (χ0n) is 11.0. The Morgan fingerprint density at radius 1 is 1.20 bits per heavy atom. The highest BCUT2D eigenvalue weighted by Crippen LogP contribution is 2.18. The van der Waals surface area contributed by atoms with Crippen LogP contribution >= 0.6 is 24.8 Å². The van der Waals surface area contributed by atoms with Gasteiger partial charge in [-0.05, 0) is 62.5 Å². The fourth-order valence-corrected chi connectivity index (χ4v) is 3.68. The third-order valence-electron chi connectivity index (χ3n) is 3.37. The number of halogens is 3. The van der Waals surface area contributed by atoms with Crippen LogP contribution in [0.4, 0.5) is 4.39 Å². The van der Waals surface area contributed by atoms with Gasteiger partial charge in [0.05, 0.1) is 10.6 Å². The zero-order valence-corrected chi connectivity index (χ0v) is 13.5. The molecule has 0 bridgehead atoms. The molecule has 20 heavy (non-hydrogen) atoms. The third-order valence-corrected chi connectivity index (χ3v) is 5.13. The van der Waals surface area contributed by atoms with Gasteiger partial charge in [-0.15, -0.1) is 24.8 Å². The lowest BCUT2D eigenvalue weighted by molar-refractivity contribution is 0.369. The largest absolute Gasteiger partial charge is 0.316 e. The molecule has 1 aromatic carbocycles. The lowest BCUT2D eigenvalue weighted by Gasteiger charge is -2.22. The highest BCUT2D eigenvalue weighted by Gasteiger charge is 2.19. The first kappa shape index (κ1) is 19.6. The topological polar surface area (TPSA) is 46.2 Å². The van der Waals surface area contributed by atoms with Crippen molar-refractivity contribution in [1.82, 2.24) is 5.32 Å². The molecule has 1 atom stereocenters. The monoisotopic (exact) mass is 343 g/mol. The third kappa shape index (κ3) is 5.56. The van der Waals surface area contributed by atoms with Crippen LogP contribution in [0.1, 0.15) is 19.3 Å². The predicted molar refractivity (Wildman–Crippen MR) is 83.2 cm³/mol. The molecule has 2 rings (SSSR count). The second kappa shape index (κ2) is 8.82. The molecular weight excluding hydrogens is 324 g/mol. The number of hydrogen-bond donors (Lipinski definition) is 1. The maximum Gasteiger partial charge on any atom is 0.178 e. The van der Waals surface area contributed by atoms with Gasteiger partial charge in [-0.3, -0.25) is 0 Å². The fraction of sp³-hybridized carbons (Fsp3) is 0.538. The van der Waals surface area contributed by atoms with Crippen LogP contribution in [0.5, 0.6) is 0 Å². The standard InChI is InChI=1S/C13H18FNO2S.2ClH/c14-12-3-5-13(6-4-12)18(16,17)9-7-11-2-1-8-15-10-11;;/h3-6,11,15H,1-2,7-10H2;2*1H. The summed E-state index contributed by atoms with van der Waals surface area (Å²) in [7, 11) is -3.27. The van der Waals surface area contributed by atoms with E-state index in [1.165, 1.54) is 24.3 Å². The number of rotatable bonds is 4. The first-order chi connectivity index (χ1) is 8.58. The van der Waals surface area contributed by atoms with E-state index in [0.717, 1.165) is 25.9 Å². The van der Waals surface area contributed by atoms with Gasteiger partial charge in [0.2, 0.25) is 0 Å². The summed E-state index contributed by atoms with van der Waals surface area (Å²) in [6.45, 7) is 1.93. The van der Waals surface area contributed by atoms with Crippen molar-refractivity contribution in [3.8, 4) is 0 Å². The maximum absolute atomic E-state index is 12.7. The first-order valence-corrected chi connectivity index (χ1v) is 7.92. The number of piperidine rings is 1. The van der Waals surface area contributed by atoms with E-state index >= 15 is 0 Å². The molecule has 0 aliphatic carbocycles. The smallest absolute Gasteiger partial charge is 0.178 e. The lowest BCUT2D eigenvalue weighted by Crippen LogP contribution is -2.30. The lowest BCUT2D eigenvalue weighted by atomic mass is 9.97. The Balaban J connectivity index is 0.00000180. The molecule has 116 valence electrons. The average molecular weight is 344 g/mol. The average Bonchev–Trinajstić information content (AvgIpc) is 2.38. The van der Waals surface area contributed by atoms with E-state index in [-0.39, 0.29) is 35.5 Å². The van der Waals surface area contributed by atoms with Crippen molar-refractivity contribution in [2.24, 2.45) is 5.92 Å². The summed E-state index contributed by atoms with van der Waals surface area (Å²) < 4.78 is 36.8. The van der Waals surface area contributed by atoms with Crippen LogP contribution in [0, 0.1) is 11.7 Å². The molecule has 1 fully saturated rings. The summed E-state index contributed by atoms with van der Waals surface area (Å²) in [5.74, 6) is 0.171. The minimum Gasteiger partial charge on any atom is -0.316 e. The SMILES string of the molecule is Cl.Cl.O=S(=O)(CCC1CCCNC1)c1ccc(F)cc1. The molecule has 1 N–H and O–H groups in total. The molecule has 0 saturated carbocycles. The van der Waals surface area contributed by atoms with E-state index in [9.17, 15) is 12.8 Å². The van der Waals surface area contributed by atoms with Crippen molar-refractivity contribution in [3.63, 3.8) is 0 Å². The molecule has 1 heterocycles. The van der Waals surface area contributed by atoms with E-state index < -0.39 is 15.7 Å². The minimum atomic E-state index is -3.27. The van der Waals surface area contributed by atoms with Gasteiger partial charge in [0.15, 0.2) is 9.84 Å². The molecule has 1 saturated heterocycles. The van der Waals surface area contributed by atoms with E-state index in [2.05, 4.69) is 5.32 Å². The van der Waals surface area contributed by atoms with Gasteiger partial charge in [-0.25, -0.2) is 12.8 Å². The summed E-state index contributed by atoms with van der Waals surface area (Å²) in [5, 5.41) is 3.27. The summed E-state index contributed by atoms with van der Waals surface area (Å²) in [6.07, 6.45) is 2.87. The number of nitrogens with one attached hydrogen (secondary N) is 1. The van der Waals surface area contributed by atoms with Crippen LogP contribution < -0.4 is 5.32 Å². The Hall–Kier alpha value is -0.360. The molecule has 7 heteroatoms. The molecule has 3 nitrogen and oxygen atoms in total. The second-order valence-corrected chi connectivity index (χ2v) is 6.88. The molecule has 1 aliphatic rings. The zero-order chi connectivity index (χ0) is 13.0.